The van der Waals surface area contributed by atoms with Gasteiger partial charge in [-0.3, -0.25) is 0 Å². The molecule has 0 bridgehead atoms. The van der Waals surface area contributed by atoms with Crippen molar-refractivity contribution < 1.29 is 17.6 Å². The van der Waals surface area contributed by atoms with Gasteiger partial charge in [-0.1, -0.05) is 0 Å². The van der Waals surface area contributed by atoms with Gasteiger partial charge in [-0.15, -0.1) is 0 Å². The number of alkyl halides is 3. The van der Waals surface area contributed by atoms with Gasteiger partial charge in [0.2, 0.25) is 0 Å². The number of fused-ring (bicyclic) bond motifs is 1. The molecule has 0 amide bonds. The van der Waals surface area contributed by atoms with Crippen LogP contribution in [-0.4, -0.2) is 12.7 Å². The Bertz CT molecular complexity index is 359. The predicted octanol–water partition coefficient (Wildman–Crippen LogP) is 3.59. The van der Waals surface area contributed by atoms with Crippen molar-refractivity contribution in [1.82, 2.24) is 5.32 Å². The minimum Gasteiger partial charge on any atom is -0.469 e. The van der Waals surface area contributed by atoms with Gasteiger partial charge in [0.25, 0.3) is 0 Å². The highest BCUT2D eigenvalue weighted by Gasteiger charge is 2.27. The summed E-state index contributed by atoms with van der Waals surface area (Å²) in [7, 11) is 0. The zero-order chi connectivity index (χ0) is 12.3. The minimum absolute atomic E-state index is 0.132. The Kier molecular flexibility index (Phi) is 3.76. The molecule has 1 N–H and O–H groups in total. The number of furan rings is 1. The molecule has 0 saturated carbocycles. The molecule has 1 aromatic heterocycles. The zero-order valence-corrected chi connectivity index (χ0v) is 9.52. The highest BCUT2D eigenvalue weighted by Crippen LogP contribution is 2.30. The summed E-state index contributed by atoms with van der Waals surface area (Å²) in [5.74, 6) is 0.976. The summed E-state index contributed by atoms with van der Waals surface area (Å²) in [5.41, 5.74) is 1.11. The van der Waals surface area contributed by atoms with Gasteiger partial charge in [-0.25, -0.2) is 0 Å². The molecular formula is C12H16F3NO. The first kappa shape index (κ1) is 12.5. The average Bonchev–Trinajstić information content (AvgIpc) is 2.71. The summed E-state index contributed by atoms with van der Waals surface area (Å²) < 4.78 is 41.2. The zero-order valence-electron chi connectivity index (χ0n) is 9.52. The van der Waals surface area contributed by atoms with Crippen LogP contribution in [0.25, 0.3) is 0 Å². The van der Waals surface area contributed by atoms with Crippen LogP contribution in [0.15, 0.2) is 16.7 Å². The maximum absolute atomic E-state index is 12.0. The quantitative estimate of drug-likeness (QED) is 0.822. The van der Waals surface area contributed by atoms with E-state index in [1.165, 1.54) is 0 Å². The Morgan fingerprint density at radius 2 is 2.24 bits per heavy atom. The normalized spacial score (nSPS) is 20.3. The molecule has 2 rings (SSSR count). The molecule has 96 valence electrons. The van der Waals surface area contributed by atoms with E-state index in [1.807, 2.05) is 6.07 Å². The fraction of sp³-hybridized carbons (Fsp3) is 0.667. The summed E-state index contributed by atoms with van der Waals surface area (Å²) >= 11 is 0. The van der Waals surface area contributed by atoms with Crippen molar-refractivity contribution >= 4 is 0 Å². The minimum atomic E-state index is -4.05. The van der Waals surface area contributed by atoms with Crippen LogP contribution in [0.1, 0.15) is 43.0 Å². The van der Waals surface area contributed by atoms with Crippen LogP contribution in [0.2, 0.25) is 0 Å². The second-order valence-corrected chi connectivity index (χ2v) is 4.42. The van der Waals surface area contributed by atoms with Crippen LogP contribution >= 0.6 is 0 Å². The number of nitrogens with one attached hydrogen (secondary N) is 1. The van der Waals surface area contributed by atoms with Gasteiger partial charge < -0.3 is 9.73 Å². The lowest BCUT2D eigenvalue weighted by Crippen LogP contribution is -2.26. The molecule has 17 heavy (non-hydrogen) atoms. The Labute approximate surface area is 98.2 Å². The van der Waals surface area contributed by atoms with Crippen molar-refractivity contribution in [3.05, 3.63) is 23.7 Å². The largest absolute Gasteiger partial charge is 0.469 e. The Morgan fingerprint density at radius 1 is 1.41 bits per heavy atom. The van der Waals surface area contributed by atoms with Crippen molar-refractivity contribution in [2.75, 3.05) is 6.54 Å². The van der Waals surface area contributed by atoms with E-state index in [0.717, 1.165) is 30.6 Å². The molecule has 1 aliphatic rings. The molecule has 1 aliphatic carbocycles. The summed E-state index contributed by atoms with van der Waals surface area (Å²) in [5, 5.41) is 3.18. The topological polar surface area (TPSA) is 25.2 Å². The third kappa shape index (κ3) is 3.49. The van der Waals surface area contributed by atoms with Crippen LogP contribution in [0.5, 0.6) is 0 Å². The summed E-state index contributed by atoms with van der Waals surface area (Å²) in [6, 6.07) is 2.07. The Hall–Kier alpha value is -0.970. The standard InChI is InChI=1S/C12H16F3NO/c13-12(14,15)6-2-7-16-10-3-1-4-11-9(10)5-8-17-11/h5,8,10,16H,1-4,6-7H2. The predicted molar refractivity (Wildman–Crippen MR) is 57.7 cm³/mol. The van der Waals surface area contributed by atoms with Crippen LogP contribution < -0.4 is 5.32 Å². The fourth-order valence-electron chi connectivity index (χ4n) is 2.26. The molecule has 1 aromatic rings. The van der Waals surface area contributed by atoms with E-state index in [0.29, 0.717) is 6.54 Å². The van der Waals surface area contributed by atoms with Crippen LogP contribution in [0.3, 0.4) is 0 Å². The molecule has 0 aliphatic heterocycles. The molecule has 1 unspecified atom stereocenters. The van der Waals surface area contributed by atoms with Crippen molar-refractivity contribution in [2.45, 2.75) is 44.3 Å². The second kappa shape index (κ2) is 5.12. The number of halogens is 3. The van der Waals surface area contributed by atoms with E-state index in [-0.39, 0.29) is 12.5 Å². The summed E-state index contributed by atoms with van der Waals surface area (Å²) in [6.07, 6.45) is -0.0490. The lowest BCUT2D eigenvalue weighted by molar-refractivity contribution is -0.135. The molecule has 0 saturated heterocycles. The van der Waals surface area contributed by atoms with E-state index in [1.54, 1.807) is 6.26 Å². The number of rotatable bonds is 4. The maximum Gasteiger partial charge on any atom is 0.389 e. The third-order valence-electron chi connectivity index (χ3n) is 3.08. The van der Waals surface area contributed by atoms with Crippen LogP contribution in [0.4, 0.5) is 13.2 Å². The van der Waals surface area contributed by atoms with Gasteiger partial charge in [-0.2, -0.15) is 13.2 Å². The van der Waals surface area contributed by atoms with Crippen molar-refractivity contribution in [3.63, 3.8) is 0 Å². The molecule has 2 nitrogen and oxygen atoms in total. The molecule has 0 aromatic carbocycles. The smallest absolute Gasteiger partial charge is 0.389 e. The molecule has 1 atom stereocenters. The van der Waals surface area contributed by atoms with Crippen LogP contribution in [-0.2, 0) is 6.42 Å². The first-order valence-corrected chi connectivity index (χ1v) is 5.93. The molecule has 0 radical (unpaired) electrons. The van der Waals surface area contributed by atoms with Crippen LogP contribution in [0, 0.1) is 0 Å². The van der Waals surface area contributed by atoms with Gasteiger partial charge in [-0.05, 0) is 31.9 Å². The van der Waals surface area contributed by atoms with Gasteiger partial charge in [0.1, 0.15) is 5.76 Å². The number of aryl methyl sites for hydroxylation is 1. The molecule has 5 heteroatoms. The molecular weight excluding hydrogens is 231 g/mol. The Morgan fingerprint density at radius 3 is 3.00 bits per heavy atom. The highest BCUT2D eigenvalue weighted by atomic mass is 19.4. The molecule has 0 fully saturated rings. The maximum atomic E-state index is 12.0. The Balaban J connectivity index is 1.78. The van der Waals surface area contributed by atoms with Gasteiger partial charge >= 0.3 is 6.18 Å². The first-order chi connectivity index (χ1) is 8.06. The lowest BCUT2D eigenvalue weighted by atomic mass is 9.93. The van der Waals surface area contributed by atoms with E-state index in [9.17, 15) is 13.2 Å². The lowest BCUT2D eigenvalue weighted by Gasteiger charge is -2.22. The van der Waals surface area contributed by atoms with E-state index in [4.69, 9.17) is 4.42 Å². The highest BCUT2D eigenvalue weighted by molar-refractivity contribution is 5.23. The fourth-order valence-corrected chi connectivity index (χ4v) is 2.26. The van der Waals surface area contributed by atoms with E-state index < -0.39 is 12.6 Å². The SMILES string of the molecule is FC(F)(F)CCCNC1CCCc2occc21. The van der Waals surface area contributed by atoms with Gasteiger partial charge in [0.05, 0.1) is 6.26 Å². The number of hydrogen-bond acceptors (Lipinski definition) is 2. The second-order valence-electron chi connectivity index (χ2n) is 4.42. The van der Waals surface area contributed by atoms with Gasteiger partial charge in [0, 0.05) is 24.4 Å². The van der Waals surface area contributed by atoms with E-state index >= 15 is 0 Å². The number of hydrogen-bond donors (Lipinski definition) is 1. The monoisotopic (exact) mass is 247 g/mol. The molecule has 0 spiro atoms. The van der Waals surface area contributed by atoms with Crippen molar-refractivity contribution in [3.8, 4) is 0 Å². The summed E-state index contributed by atoms with van der Waals surface area (Å²) in [6.45, 7) is 0.398. The summed E-state index contributed by atoms with van der Waals surface area (Å²) in [4.78, 5) is 0. The van der Waals surface area contributed by atoms with Crippen molar-refractivity contribution in [2.24, 2.45) is 0 Å². The molecule has 1 heterocycles. The first-order valence-electron chi connectivity index (χ1n) is 5.93. The van der Waals surface area contributed by atoms with Crippen molar-refractivity contribution in [1.29, 1.82) is 0 Å². The van der Waals surface area contributed by atoms with Gasteiger partial charge in [0.15, 0.2) is 0 Å². The van der Waals surface area contributed by atoms with E-state index in [2.05, 4.69) is 5.32 Å². The average molecular weight is 247 g/mol. The third-order valence-corrected chi connectivity index (χ3v) is 3.08.